The summed E-state index contributed by atoms with van der Waals surface area (Å²) in [4.78, 5) is 40.3. The summed E-state index contributed by atoms with van der Waals surface area (Å²) in [7, 11) is -3.86. The van der Waals surface area contributed by atoms with E-state index in [0.717, 1.165) is 19.3 Å². The maximum Gasteiger partial charge on any atom is 0.355 e. The predicted molar refractivity (Wildman–Crippen MR) is 120 cm³/mol. The fraction of sp³-hybridized carbons (Fsp3) is 0.435. The highest BCUT2D eigenvalue weighted by atomic mass is 32.2. The van der Waals surface area contributed by atoms with E-state index in [0.29, 0.717) is 24.3 Å². The molecule has 1 aromatic heterocycles. The zero-order valence-electron chi connectivity index (χ0n) is 19.0. The van der Waals surface area contributed by atoms with E-state index in [1.807, 2.05) is 0 Å². The van der Waals surface area contributed by atoms with Gasteiger partial charge in [0, 0.05) is 24.3 Å². The number of esters is 2. The fourth-order valence-corrected chi connectivity index (χ4v) is 5.66. The van der Waals surface area contributed by atoms with Crippen molar-refractivity contribution in [1.82, 2.24) is 9.29 Å². The lowest BCUT2D eigenvalue weighted by atomic mass is 10.1. The molecular formula is C23H28N2O7S. The molecule has 0 atom stereocenters. The number of Topliss-reactive ketones (excluding diaryl/α,β-unsaturated/α-hetero) is 1. The van der Waals surface area contributed by atoms with Gasteiger partial charge in [0.25, 0.3) is 0 Å². The van der Waals surface area contributed by atoms with Crippen LogP contribution in [0.4, 0.5) is 0 Å². The number of ether oxygens (including phenoxy) is 2. The molecule has 0 spiro atoms. The Morgan fingerprint density at radius 3 is 2.33 bits per heavy atom. The molecule has 10 heteroatoms. The van der Waals surface area contributed by atoms with Crippen molar-refractivity contribution >= 4 is 27.7 Å². The first-order valence-electron chi connectivity index (χ1n) is 10.8. The summed E-state index contributed by atoms with van der Waals surface area (Å²) in [5.41, 5.74) is 1.14. The van der Waals surface area contributed by atoms with Gasteiger partial charge in [0.15, 0.2) is 6.61 Å². The number of aryl methyl sites for hydroxylation is 1. The molecule has 33 heavy (non-hydrogen) atoms. The van der Waals surface area contributed by atoms with Gasteiger partial charge in [-0.2, -0.15) is 4.31 Å². The van der Waals surface area contributed by atoms with Gasteiger partial charge in [-0.05, 0) is 51.3 Å². The number of hydrogen-bond acceptors (Lipinski definition) is 7. The van der Waals surface area contributed by atoms with Crippen LogP contribution in [0, 0.1) is 13.8 Å². The van der Waals surface area contributed by atoms with Gasteiger partial charge in [0.2, 0.25) is 15.8 Å². The van der Waals surface area contributed by atoms with Crippen LogP contribution in [0.2, 0.25) is 0 Å². The van der Waals surface area contributed by atoms with Crippen molar-refractivity contribution in [3.63, 3.8) is 0 Å². The fourth-order valence-electron chi connectivity index (χ4n) is 3.96. The van der Waals surface area contributed by atoms with Crippen LogP contribution < -0.4 is 0 Å². The van der Waals surface area contributed by atoms with Gasteiger partial charge < -0.3 is 14.5 Å². The normalized spacial score (nSPS) is 14.6. The van der Waals surface area contributed by atoms with Gasteiger partial charge in [0.05, 0.1) is 17.1 Å². The molecule has 2 aromatic rings. The maximum atomic E-state index is 13.1. The van der Waals surface area contributed by atoms with Gasteiger partial charge in [-0.3, -0.25) is 4.79 Å². The lowest BCUT2D eigenvalue weighted by Gasteiger charge is -2.26. The molecular weight excluding hydrogens is 448 g/mol. The number of H-pyrrole nitrogens is 1. The summed E-state index contributed by atoms with van der Waals surface area (Å²) in [5, 5.41) is 0. The maximum absolute atomic E-state index is 13.1. The van der Waals surface area contributed by atoms with Crippen LogP contribution >= 0.6 is 0 Å². The van der Waals surface area contributed by atoms with Gasteiger partial charge in [0.1, 0.15) is 5.69 Å². The largest absolute Gasteiger partial charge is 0.461 e. The molecule has 0 saturated carbocycles. The monoisotopic (exact) mass is 476 g/mol. The van der Waals surface area contributed by atoms with Crippen LogP contribution in [0.5, 0.6) is 0 Å². The molecule has 9 nitrogen and oxygen atoms in total. The summed E-state index contributed by atoms with van der Waals surface area (Å²) in [6.45, 7) is 5.31. The number of benzene rings is 1. The zero-order chi connectivity index (χ0) is 24.2. The lowest BCUT2D eigenvalue weighted by molar-refractivity contribution is 0.0469. The second-order valence-electron chi connectivity index (χ2n) is 7.81. The highest BCUT2D eigenvalue weighted by Gasteiger charge is 2.31. The number of aromatic amines is 1. The van der Waals surface area contributed by atoms with Crippen LogP contribution in [0.1, 0.15) is 68.6 Å². The Bertz CT molecular complexity index is 1160. The standard InChI is InChI=1S/C23H28N2O7S/c1-4-31-23(28)21-15(2)20(16(3)24-21)18(26)14-32-22(27)17-10-6-7-11-19(17)33(29,30)25-12-8-5-9-13-25/h6-7,10-11,24H,4-5,8-9,12-14H2,1-3H3. The molecule has 1 aliphatic rings. The first-order valence-corrected chi connectivity index (χ1v) is 12.3. The Kier molecular flexibility index (Phi) is 7.70. The third-order valence-electron chi connectivity index (χ3n) is 5.57. The second-order valence-corrected chi connectivity index (χ2v) is 9.71. The Labute approximate surface area is 193 Å². The third-order valence-corrected chi connectivity index (χ3v) is 7.53. The van der Waals surface area contributed by atoms with E-state index < -0.39 is 34.4 Å². The molecule has 3 rings (SSSR count). The quantitative estimate of drug-likeness (QED) is 0.459. The van der Waals surface area contributed by atoms with Gasteiger partial charge >= 0.3 is 11.9 Å². The van der Waals surface area contributed by atoms with Gasteiger partial charge in [-0.25, -0.2) is 18.0 Å². The third kappa shape index (κ3) is 5.17. The number of aromatic nitrogens is 1. The van der Waals surface area contributed by atoms with Crippen molar-refractivity contribution in [2.75, 3.05) is 26.3 Å². The van der Waals surface area contributed by atoms with Crippen LogP contribution in [-0.2, 0) is 19.5 Å². The van der Waals surface area contributed by atoms with Gasteiger partial charge in [-0.15, -0.1) is 0 Å². The summed E-state index contributed by atoms with van der Waals surface area (Å²) < 4.78 is 37.7. The minimum Gasteiger partial charge on any atom is -0.461 e. The second kappa shape index (κ2) is 10.3. The first kappa shape index (κ1) is 24.7. The van der Waals surface area contributed by atoms with Crippen LogP contribution in [0.15, 0.2) is 29.2 Å². The molecule has 2 heterocycles. The lowest BCUT2D eigenvalue weighted by Crippen LogP contribution is -2.36. The average molecular weight is 477 g/mol. The number of sulfonamides is 1. The van der Waals surface area contributed by atoms with E-state index in [1.54, 1.807) is 32.9 Å². The minimum absolute atomic E-state index is 0.120. The topological polar surface area (TPSA) is 123 Å². The number of carbonyl (C=O) groups is 3. The van der Waals surface area contributed by atoms with Crippen LogP contribution in [-0.4, -0.2) is 61.7 Å². The molecule has 0 radical (unpaired) electrons. The number of carbonyl (C=O) groups excluding carboxylic acids is 3. The number of piperidine rings is 1. The average Bonchev–Trinajstić information content (AvgIpc) is 3.12. The van der Waals surface area contributed by atoms with Crippen molar-refractivity contribution in [3.05, 3.63) is 52.3 Å². The van der Waals surface area contributed by atoms with E-state index in [-0.39, 0.29) is 28.3 Å². The molecule has 1 saturated heterocycles. The van der Waals surface area contributed by atoms with Gasteiger partial charge in [-0.1, -0.05) is 18.6 Å². The van der Waals surface area contributed by atoms with E-state index in [2.05, 4.69) is 4.98 Å². The van der Waals surface area contributed by atoms with E-state index in [9.17, 15) is 22.8 Å². The van der Waals surface area contributed by atoms with Crippen LogP contribution in [0.25, 0.3) is 0 Å². The molecule has 1 aliphatic heterocycles. The molecule has 0 amide bonds. The summed E-state index contributed by atoms with van der Waals surface area (Å²) in [6.07, 6.45) is 2.50. The summed E-state index contributed by atoms with van der Waals surface area (Å²) >= 11 is 0. The number of hydrogen-bond donors (Lipinski definition) is 1. The summed E-state index contributed by atoms with van der Waals surface area (Å²) in [6, 6.07) is 5.83. The molecule has 1 N–H and O–H groups in total. The number of nitrogens with zero attached hydrogens (tertiary/aromatic N) is 1. The van der Waals surface area contributed by atoms with Crippen molar-refractivity contribution in [3.8, 4) is 0 Å². The van der Waals surface area contributed by atoms with E-state index in [4.69, 9.17) is 9.47 Å². The summed E-state index contributed by atoms with van der Waals surface area (Å²) in [5.74, 6) is -2.00. The smallest absolute Gasteiger partial charge is 0.355 e. The molecule has 0 bridgehead atoms. The van der Waals surface area contributed by atoms with Crippen molar-refractivity contribution in [1.29, 1.82) is 0 Å². The number of ketones is 1. The SMILES string of the molecule is CCOC(=O)c1[nH]c(C)c(C(=O)COC(=O)c2ccccc2S(=O)(=O)N2CCCCC2)c1C. The molecule has 1 fully saturated rings. The van der Waals surface area contributed by atoms with Crippen molar-refractivity contribution < 1.29 is 32.3 Å². The zero-order valence-corrected chi connectivity index (χ0v) is 19.8. The van der Waals surface area contributed by atoms with E-state index in [1.165, 1.54) is 16.4 Å². The number of rotatable bonds is 8. The van der Waals surface area contributed by atoms with Crippen LogP contribution in [0.3, 0.4) is 0 Å². The Morgan fingerprint density at radius 2 is 1.67 bits per heavy atom. The Morgan fingerprint density at radius 1 is 1.00 bits per heavy atom. The number of nitrogens with one attached hydrogen (secondary N) is 1. The van der Waals surface area contributed by atoms with Crippen molar-refractivity contribution in [2.45, 2.75) is 44.9 Å². The minimum atomic E-state index is -3.86. The predicted octanol–water partition coefficient (Wildman–Crippen LogP) is 3.02. The highest BCUT2D eigenvalue weighted by Crippen LogP contribution is 2.25. The Hall–Kier alpha value is -2.98. The molecule has 0 unspecified atom stereocenters. The van der Waals surface area contributed by atoms with Crippen molar-refractivity contribution in [2.24, 2.45) is 0 Å². The highest BCUT2D eigenvalue weighted by molar-refractivity contribution is 7.89. The molecule has 0 aliphatic carbocycles. The Balaban J connectivity index is 1.77. The molecule has 178 valence electrons. The van der Waals surface area contributed by atoms with E-state index >= 15 is 0 Å². The molecule has 1 aromatic carbocycles. The first-order chi connectivity index (χ1) is 15.7.